The van der Waals surface area contributed by atoms with Crippen molar-refractivity contribution in [3.63, 3.8) is 0 Å². The molecule has 1 N–H and O–H groups in total. The van der Waals surface area contributed by atoms with E-state index in [-0.39, 0.29) is 29.6 Å². The van der Waals surface area contributed by atoms with Gasteiger partial charge in [0.2, 0.25) is 5.91 Å². The zero-order chi connectivity index (χ0) is 12.4. The lowest BCUT2D eigenvalue weighted by atomic mass is 9.56. The number of methoxy groups -OCH3 is 1. The Morgan fingerprint density at radius 3 is 2.50 bits per heavy atom. The van der Waals surface area contributed by atoms with Crippen LogP contribution in [0.1, 0.15) is 34.1 Å². The molecule has 1 fully saturated rings. The first-order valence-electron chi connectivity index (χ1n) is 5.79. The van der Waals surface area contributed by atoms with Crippen molar-refractivity contribution in [2.75, 3.05) is 20.3 Å². The van der Waals surface area contributed by atoms with Crippen molar-refractivity contribution in [1.82, 2.24) is 5.32 Å². The van der Waals surface area contributed by atoms with Crippen molar-refractivity contribution in [1.29, 1.82) is 0 Å². The number of hydrogen-bond donors (Lipinski definition) is 1. The Morgan fingerprint density at radius 1 is 1.44 bits per heavy atom. The summed E-state index contributed by atoms with van der Waals surface area (Å²) in [5.74, 6) is -0.0434. The molecule has 1 rings (SSSR count). The van der Waals surface area contributed by atoms with Gasteiger partial charge < -0.3 is 14.8 Å². The minimum absolute atomic E-state index is 0.0381. The van der Waals surface area contributed by atoms with Gasteiger partial charge in [-0.3, -0.25) is 4.79 Å². The second kappa shape index (κ2) is 4.72. The Hall–Kier alpha value is -0.610. The minimum atomic E-state index is -0.142. The van der Waals surface area contributed by atoms with E-state index in [1.807, 2.05) is 6.92 Å². The average molecular weight is 229 g/mol. The minimum Gasteiger partial charge on any atom is -0.378 e. The zero-order valence-corrected chi connectivity index (χ0v) is 10.9. The summed E-state index contributed by atoms with van der Waals surface area (Å²) >= 11 is 0. The number of rotatable bonds is 5. The van der Waals surface area contributed by atoms with E-state index in [9.17, 15) is 4.79 Å². The van der Waals surface area contributed by atoms with Gasteiger partial charge in [-0.15, -0.1) is 0 Å². The van der Waals surface area contributed by atoms with Crippen LogP contribution in [0.25, 0.3) is 0 Å². The van der Waals surface area contributed by atoms with Crippen LogP contribution in [0, 0.1) is 5.41 Å². The van der Waals surface area contributed by atoms with Crippen LogP contribution < -0.4 is 5.32 Å². The van der Waals surface area contributed by atoms with Gasteiger partial charge in [-0.1, -0.05) is 13.8 Å². The maximum Gasteiger partial charge on any atom is 0.246 e. The summed E-state index contributed by atoms with van der Waals surface area (Å²) in [7, 11) is 1.72. The summed E-state index contributed by atoms with van der Waals surface area (Å²) in [6.45, 7) is 8.90. The summed E-state index contributed by atoms with van der Waals surface area (Å²) in [5.41, 5.74) is -0.180. The molecule has 4 nitrogen and oxygen atoms in total. The number of amides is 1. The van der Waals surface area contributed by atoms with Crippen molar-refractivity contribution >= 4 is 5.91 Å². The second-order valence-corrected chi connectivity index (χ2v) is 5.12. The molecule has 0 heterocycles. The molecule has 1 aliphatic carbocycles. The normalized spacial score (nSPS) is 31.9. The fourth-order valence-electron chi connectivity index (χ4n) is 2.15. The monoisotopic (exact) mass is 229 g/mol. The third-order valence-corrected chi connectivity index (χ3v) is 4.05. The average Bonchev–Trinajstić information content (AvgIpc) is 2.25. The summed E-state index contributed by atoms with van der Waals surface area (Å²) in [6.07, 6.45) is 0.856. The topological polar surface area (TPSA) is 47.6 Å². The fraction of sp³-hybridized carbons (Fsp3) is 0.917. The SMILES string of the molecule is CCOCC(=O)N[C@@H]1C[C@](C)(OC)C1(C)C. The van der Waals surface area contributed by atoms with Gasteiger partial charge in [-0.05, 0) is 20.3 Å². The Labute approximate surface area is 97.7 Å². The third kappa shape index (κ3) is 2.23. The highest BCUT2D eigenvalue weighted by Gasteiger charge is 2.58. The van der Waals surface area contributed by atoms with Crippen LogP contribution in [0.15, 0.2) is 0 Å². The van der Waals surface area contributed by atoms with Crippen molar-refractivity contribution in [3.8, 4) is 0 Å². The van der Waals surface area contributed by atoms with Crippen molar-refractivity contribution < 1.29 is 14.3 Å². The Balaban J connectivity index is 2.45. The van der Waals surface area contributed by atoms with Gasteiger partial charge >= 0.3 is 0 Å². The number of carbonyl (C=O) groups excluding carboxylic acids is 1. The first-order chi connectivity index (χ1) is 7.37. The molecular formula is C12H23NO3. The van der Waals surface area contributed by atoms with Gasteiger partial charge in [-0.25, -0.2) is 0 Å². The van der Waals surface area contributed by atoms with Crippen LogP contribution in [0.2, 0.25) is 0 Å². The standard InChI is InChI=1S/C12H23NO3/c1-6-16-8-10(14)13-9-7-12(4,15-5)11(9,2)3/h9H,6-8H2,1-5H3,(H,13,14)/t9-,12+/m1/s1. The zero-order valence-electron chi connectivity index (χ0n) is 10.9. The van der Waals surface area contributed by atoms with Crippen LogP contribution in [0.3, 0.4) is 0 Å². The van der Waals surface area contributed by atoms with Crippen molar-refractivity contribution in [2.45, 2.75) is 45.8 Å². The molecule has 94 valence electrons. The molecule has 0 bridgehead atoms. The number of hydrogen-bond acceptors (Lipinski definition) is 3. The van der Waals surface area contributed by atoms with Gasteiger partial charge in [0, 0.05) is 25.2 Å². The molecule has 1 amide bonds. The molecule has 0 aliphatic heterocycles. The highest BCUT2D eigenvalue weighted by atomic mass is 16.5. The summed E-state index contributed by atoms with van der Waals surface area (Å²) in [5, 5.41) is 2.99. The molecule has 4 heteroatoms. The molecule has 0 aromatic heterocycles. The van der Waals surface area contributed by atoms with E-state index in [2.05, 4.69) is 26.1 Å². The molecule has 1 aliphatic rings. The van der Waals surface area contributed by atoms with E-state index in [1.165, 1.54) is 0 Å². The van der Waals surface area contributed by atoms with Crippen LogP contribution in [-0.2, 0) is 14.3 Å². The van der Waals surface area contributed by atoms with Gasteiger partial charge in [0.25, 0.3) is 0 Å². The van der Waals surface area contributed by atoms with Crippen molar-refractivity contribution in [2.24, 2.45) is 5.41 Å². The number of carbonyl (C=O) groups is 1. The Kier molecular flexibility index (Phi) is 3.97. The molecule has 0 saturated heterocycles. The highest BCUT2D eigenvalue weighted by Crippen LogP contribution is 2.51. The predicted octanol–water partition coefficient (Wildman–Crippen LogP) is 1.34. The first-order valence-corrected chi connectivity index (χ1v) is 5.79. The molecule has 0 unspecified atom stereocenters. The van der Waals surface area contributed by atoms with E-state index in [0.29, 0.717) is 6.61 Å². The fourth-order valence-corrected chi connectivity index (χ4v) is 2.15. The van der Waals surface area contributed by atoms with E-state index >= 15 is 0 Å². The Bertz CT molecular complexity index is 265. The smallest absolute Gasteiger partial charge is 0.246 e. The summed E-state index contributed by atoms with van der Waals surface area (Å²) in [6, 6.07) is 0.172. The van der Waals surface area contributed by atoms with Crippen molar-refractivity contribution in [3.05, 3.63) is 0 Å². The van der Waals surface area contributed by atoms with Gasteiger partial charge in [0.15, 0.2) is 0 Å². The molecular weight excluding hydrogens is 206 g/mol. The number of ether oxygens (including phenoxy) is 2. The van der Waals surface area contributed by atoms with Gasteiger partial charge in [0.05, 0.1) is 5.60 Å². The lowest BCUT2D eigenvalue weighted by molar-refractivity contribution is -0.183. The van der Waals surface area contributed by atoms with E-state index < -0.39 is 0 Å². The molecule has 16 heavy (non-hydrogen) atoms. The van der Waals surface area contributed by atoms with Crippen LogP contribution in [0.4, 0.5) is 0 Å². The molecule has 2 atom stereocenters. The summed E-state index contributed by atoms with van der Waals surface area (Å²) in [4.78, 5) is 11.5. The van der Waals surface area contributed by atoms with E-state index in [4.69, 9.17) is 9.47 Å². The van der Waals surface area contributed by atoms with E-state index in [0.717, 1.165) is 6.42 Å². The Morgan fingerprint density at radius 2 is 2.06 bits per heavy atom. The molecule has 1 saturated carbocycles. The second-order valence-electron chi connectivity index (χ2n) is 5.12. The maximum atomic E-state index is 11.5. The summed E-state index contributed by atoms with van der Waals surface area (Å²) < 4.78 is 10.6. The molecule has 0 radical (unpaired) electrons. The van der Waals surface area contributed by atoms with Crippen LogP contribution in [0.5, 0.6) is 0 Å². The van der Waals surface area contributed by atoms with E-state index in [1.54, 1.807) is 7.11 Å². The third-order valence-electron chi connectivity index (χ3n) is 4.05. The molecule has 0 aromatic carbocycles. The highest BCUT2D eigenvalue weighted by molar-refractivity contribution is 5.77. The quantitative estimate of drug-likeness (QED) is 0.774. The van der Waals surface area contributed by atoms with Crippen LogP contribution in [-0.4, -0.2) is 37.9 Å². The largest absolute Gasteiger partial charge is 0.378 e. The lowest BCUT2D eigenvalue weighted by Crippen LogP contribution is -2.68. The number of nitrogens with one attached hydrogen (secondary N) is 1. The predicted molar refractivity (Wildman–Crippen MR) is 62.2 cm³/mol. The lowest BCUT2D eigenvalue weighted by Gasteiger charge is -2.59. The van der Waals surface area contributed by atoms with Gasteiger partial charge in [0.1, 0.15) is 6.61 Å². The van der Waals surface area contributed by atoms with Crippen LogP contribution >= 0.6 is 0 Å². The first kappa shape index (κ1) is 13.5. The molecule has 0 spiro atoms. The molecule has 0 aromatic rings. The van der Waals surface area contributed by atoms with Gasteiger partial charge in [-0.2, -0.15) is 0 Å². The maximum absolute atomic E-state index is 11.5.